The maximum atomic E-state index is 11.1. The van der Waals surface area contributed by atoms with Crippen molar-refractivity contribution in [1.82, 2.24) is 15.0 Å². The van der Waals surface area contributed by atoms with Crippen LogP contribution in [0.3, 0.4) is 0 Å². The second-order valence-electron chi connectivity index (χ2n) is 2.87. The molecule has 0 unspecified atom stereocenters. The Labute approximate surface area is 80.3 Å². The third-order valence-corrected chi connectivity index (χ3v) is 1.95. The number of hydrogen-bond acceptors (Lipinski definition) is 4. The normalized spacial score (nSPS) is 10.4. The van der Waals surface area contributed by atoms with Gasteiger partial charge in [0.2, 0.25) is 5.91 Å². The molecule has 5 nitrogen and oxygen atoms in total. The Balaban J connectivity index is 2.65. The predicted molar refractivity (Wildman–Crippen MR) is 50.4 cm³/mol. The minimum Gasteiger partial charge on any atom is -0.497 e. The first kappa shape index (κ1) is 8.68. The van der Waals surface area contributed by atoms with Gasteiger partial charge in [-0.3, -0.25) is 4.79 Å². The van der Waals surface area contributed by atoms with Crippen LogP contribution in [0.1, 0.15) is 11.7 Å². The van der Waals surface area contributed by atoms with Gasteiger partial charge in [-0.05, 0) is 12.1 Å². The summed E-state index contributed by atoms with van der Waals surface area (Å²) in [6, 6.07) is 5.27. The van der Waals surface area contributed by atoms with Gasteiger partial charge in [0.1, 0.15) is 11.3 Å². The molecule has 0 saturated heterocycles. The highest BCUT2D eigenvalue weighted by atomic mass is 16.5. The van der Waals surface area contributed by atoms with E-state index >= 15 is 0 Å². The number of fused-ring (bicyclic) bond motifs is 1. The molecule has 0 spiro atoms. The summed E-state index contributed by atoms with van der Waals surface area (Å²) in [7, 11) is 1.58. The third kappa shape index (κ3) is 1.22. The van der Waals surface area contributed by atoms with Gasteiger partial charge in [0.05, 0.1) is 12.6 Å². The van der Waals surface area contributed by atoms with Crippen LogP contribution in [0.25, 0.3) is 11.0 Å². The van der Waals surface area contributed by atoms with Gasteiger partial charge in [0.15, 0.2) is 0 Å². The zero-order valence-corrected chi connectivity index (χ0v) is 7.89. The zero-order valence-electron chi connectivity index (χ0n) is 7.89. The van der Waals surface area contributed by atoms with Crippen molar-refractivity contribution in [3.8, 4) is 5.75 Å². The van der Waals surface area contributed by atoms with Crippen molar-refractivity contribution in [3.63, 3.8) is 0 Å². The lowest BCUT2D eigenvalue weighted by atomic mass is 10.3. The number of rotatable bonds is 1. The minimum absolute atomic E-state index is 0.155. The van der Waals surface area contributed by atoms with Gasteiger partial charge in [-0.15, -0.1) is 5.10 Å². The topological polar surface area (TPSA) is 57.0 Å². The first-order chi connectivity index (χ1) is 6.72. The first-order valence-corrected chi connectivity index (χ1v) is 4.13. The molecule has 5 heteroatoms. The summed E-state index contributed by atoms with van der Waals surface area (Å²) in [5, 5.41) is 7.59. The van der Waals surface area contributed by atoms with E-state index in [1.807, 2.05) is 0 Å². The van der Waals surface area contributed by atoms with E-state index < -0.39 is 0 Å². The molecule has 1 aromatic heterocycles. The van der Waals surface area contributed by atoms with Crippen molar-refractivity contribution in [2.45, 2.75) is 6.92 Å². The van der Waals surface area contributed by atoms with Crippen LogP contribution in [0.4, 0.5) is 0 Å². The summed E-state index contributed by atoms with van der Waals surface area (Å²) >= 11 is 0. The van der Waals surface area contributed by atoms with Crippen molar-refractivity contribution in [3.05, 3.63) is 18.2 Å². The summed E-state index contributed by atoms with van der Waals surface area (Å²) in [5.74, 6) is 0.547. The molecule has 2 rings (SSSR count). The van der Waals surface area contributed by atoms with Crippen LogP contribution in [0.15, 0.2) is 18.2 Å². The van der Waals surface area contributed by atoms with E-state index in [0.717, 1.165) is 0 Å². The molecular formula is C9H9N3O2. The van der Waals surface area contributed by atoms with E-state index in [-0.39, 0.29) is 5.91 Å². The first-order valence-electron chi connectivity index (χ1n) is 4.13. The number of ether oxygens (including phenoxy) is 1. The summed E-state index contributed by atoms with van der Waals surface area (Å²) in [5.41, 5.74) is 1.35. The van der Waals surface area contributed by atoms with E-state index in [1.165, 1.54) is 11.6 Å². The van der Waals surface area contributed by atoms with E-state index in [9.17, 15) is 4.79 Å². The zero-order chi connectivity index (χ0) is 10.1. The molecule has 0 saturated carbocycles. The van der Waals surface area contributed by atoms with Crippen LogP contribution in [0, 0.1) is 0 Å². The fourth-order valence-electron chi connectivity index (χ4n) is 1.26. The number of nitrogens with zero attached hydrogens (tertiary/aromatic N) is 3. The smallest absolute Gasteiger partial charge is 0.245 e. The number of benzene rings is 1. The van der Waals surface area contributed by atoms with E-state index in [4.69, 9.17) is 4.74 Å². The van der Waals surface area contributed by atoms with Crippen molar-refractivity contribution in [2.24, 2.45) is 0 Å². The van der Waals surface area contributed by atoms with Crippen LogP contribution in [0.2, 0.25) is 0 Å². The van der Waals surface area contributed by atoms with Crippen LogP contribution < -0.4 is 4.74 Å². The van der Waals surface area contributed by atoms with Crippen molar-refractivity contribution < 1.29 is 9.53 Å². The lowest BCUT2D eigenvalue weighted by Crippen LogP contribution is -2.06. The molecule has 14 heavy (non-hydrogen) atoms. The van der Waals surface area contributed by atoms with Gasteiger partial charge in [-0.1, -0.05) is 5.21 Å². The molecule has 0 aliphatic carbocycles. The Morgan fingerprint density at radius 1 is 1.50 bits per heavy atom. The Bertz CT molecular complexity index is 490. The second-order valence-corrected chi connectivity index (χ2v) is 2.87. The van der Waals surface area contributed by atoms with Crippen molar-refractivity contribution in [2.75, 3.05) is 7.11 Å². The number of methoxy groups -OCH3 is 1. The molecule has 0 fully saturated rings. The Kier molecular flexibility index (Phi) is 1.92. The lowest BCUT2D eigenvalue weighted by Gasteiger charge is -1.98. The molecule has 0 aliphatic rings. The molecule has 2 aromatic rings. The molecule has 0 aliphatic heterocycles. The maximum Gasteiger partial charge on any atom is 0.245 e. The lowest BCUT2D eigenvalue weighted by molar-refractivity contribution is 0.0924. The predicted octanol–water partition coefficient (Wildman–Crippen LogP) is 1.10. The van der Waals surface area contributed by atoms with Crippen LogP contribution in [-0.4, -0.2) is 28.0 Å². The monoisotopic (exact) mass is 191 g/mol. The highest BCUT2D eigenvalue weighted by Crippen LogP contribution is 2.18. The van der Waals surface area contributed by atoms with E-state index in [2.05, 4.69) is 10.3 Å². The molecule has 0 bridgehead atoms. The number of aromatic nitrogens is 3. The molecule has 1 aromatic carbocycles. The fourth-order valence-corrected chi connectivity index (χ4v) is 1.26. The Morgan fingerprint density at radius 3 is 2.93 bits per heavy atom. The third-order valence-electron chi connectivity index (χ3n) is 1.95. The van der Waals surface area contributed by atoms with Gasteiger partial charge in [-0.25, -0.2) is 0 Å². The molecule has 0 N–H and O–H groups in total. The minimum atomic E-state index is -0.155. The summed E-state index contributed by atoms with van der Waals surface area (Å²) in [6.45, 7) is 1.44. The quantitative estimate of drug-likeness (QED) is 0.677. The fraction of sp³-hybridized carbons (Fsp3) is 0.222. The molecule has 0 radical (unpaired) electrons. The van der Waals surface area contributed by atoms with Crippen LogP contribution in [0.5, 0.6) is 5.75 Å². The molecule has 0 amide bonds. The van der Waals surface area contributed by atoms with E-state index in [0.29, 0.717) is 16.8 Å². The Morgan fingerprint density at radius 2 is 2.29 bits per heavy atom. The number of carbonyl (C=O) groups is 1. The average molecular weight is 191 g/mol. The van der Waals surface area contributed by atoms with Gasteiger partial charge in [0.25, 0.3) is 0 Å². The SMILES string of the molecule is COc1ccc2c(c1)nnn2C(C)=O. The van der Waals surface area contributed by atoms with E-state index in [1.54, 1.807) is 25.3 Å². The molecule has 1 heterocycles. The summed E-state index contributed by atoms with van der Waals surface area (Å²) in [6.07, 6.45) is 0. The van der Waals surface area contributed by atoms with Gasteiger partial charge < -0.3 is 4.74 Å². The highest BCUT2D eigenvalue weighted by molar-refractivity contribution is 5.87. The second kappa shape index (κ2) is 3.10. The molecular weight excluding hydrogens is 182 g/mol. The van der Waals surface area contributed by atoms with Gasteiger partial charge in [-0.2, -0.15) is 4.68 Å². The number of carbonyl (C=O) groups excluding carboxylic acids is 1. The largest absolute Gasteiger partial charge is 0.497 e. The Hall–Kier alpha value is -1.91. The van der Waals surface area contributed by atoms with Crippen LogP contribution in [-0.2, 0) is 0 Å². The maximum absolute atomic E-state index is 11.1. The van der Waals surface area contributed by atoms with Crippen LogP contribution >= 0.6 is 0 Å². The van der Waals surface area contributed by atoms with Crippen molar-refractivity contribution >= 4 is 16.9 Å². The van der Waals surface area contributed by atoms with Gasteiger partial charge in [0, 0.05) is 13.0 Å². The molecule has 0 atom stereocenters. The highest BCUT2D eigenvalue weighted by Gasteiger charge is 2.07. The summed E-state index contributed by atoms with van der Waals surface area (Å²) < 4.78 is 6.29. The standard InChI is InChI=1S/C9H9N3O2/c1-6(13)12-9-4-3-7(14-2)5-8(9)10-11-12/h3-5H,1-2H3. The average Bonchev–Trinajstić information content (AvgIpc) is 2.59. The van der Waals surface area contributed by atoms with Crippen molar-refractivity contribution in [1.29, 1.82) is 0 Å². The summed E-state index contributed by atoms with van der Waals surface area (Å²) in [4.78, 5) is 11.1. The number of hydrogen-bond donors (Lipinski definition) is 0. The van der Waals surface area contributed by atoms with Gasteiger partial charge >= 0.3 is 0 Å². The molecule has 72 valence electrons.